The number of hydrogen-bond acceptors (Lipinski definition) is 10. The van der Waals surface area contributed by atoms with Crippen LogP contribution in [0.3, 0.4) is 0 Å². The number of halogens is 3. The molecule has 5 heterocycles. The van der Waals surface area contributed by atoms with Crippen LogP contribution >= 0.6 is 11.6 Å². The van der Waals surface area contributed by atoms with E-state index >= 15 is 8.78 Å². The molecule has 2 aliphatic carbocycles. The molecule has 17 heteroatoms. The molecule has 3 saturated heterocycles. The van der Waals surface area contributed by atoms with Gasteiger partial charge in [-0.15, -0.1) is 0 Å². The number of nitrogens with one attached hydrogen (secondary N) is 2. The third-order valence-electron chi connectivity index (χ3n) is 17.8. The van der Waals surface area contributed by atoms with Crippen molar-refractivity contribution in [2.45, 2.75) is 107 Å². The van der Waals surface area contributed by atoms with Gasteiger partial charge in [-0.2, -0.15) is 5.10 Å². The van der Waals surface area contributed by atoms with Crippen LogP contribution in [0.5, 0.6) is 11.5 Å². The van der Waals surface area contributed by atoms with Crippen molar-refractivity contribution in [3.05, 3.63) is 106 Å². The number of aryl methyl sites for hydroxylation is 1. The summed E-state index contributed by atoms with van der Waals surface area (Å²) in [5.41, 5.74) is 8.45. The molecule has 1 aromatic heterocycles. The van der Waals surface area contributed by atoms with E-state index in [0.717, 1.165) is 74.6 Å². The number of carbonyl (C=O) groups is 3. The van der Waals surface area contributed by atoms with Crippen molar-refractivity contribution in [3.8, 4) is 22.6 Å². The quantitative estimate of drug-likeness (QED) is 0.0845. The van der Waals surface area contributed by atoms with Crippen LogP contribution in [0.25, 0.3) is 22.0 Å². The number of hydrogen-bond donors (Lipinski definition) is 4. The fraction of sp³-hybridized carbons (Fsp3) is 0.509. The first-order valence-electron chi connectivity index (χ1n) is 26.7. The molecule has 2 saturated carbocycles. The number of aliphatic hydroxyl groups is 1. The highest BCUT2D eigenvalue weighted by Crippen LogP contribution is 2.57. The maximum Gasteiger partial charge on any atom is 0.329 e. The van der Waals surface area contributed by atoms with Crippen molar-refractivity contribution < 1.29 is 37.7 Å². The number of anilines is 1. The van der Waals surface area contributed by atoms with E-state index in [9.17, 15) is 19.5 Å². The van der Waals surface area contributed by atoms with Gasteiger partial charge in [-0.05, 0) is 143 Å². The van der Waals surface area contributed by atoms with Gasteiger partial charge in [0.15, 0.2) is 23.0 Å². The molecule has 14 nitrogen and oxygen atoms in total. The van der Waals surface area contributed by atoms with E-state index in [1.165, 1.54) is 62.5 Å². The zero-order valence-electron chi connectivity index (χ0n) is 42.3. The Kier molecular flexibility index (Phi) is 14.0. The van der Waals surface area contributed by atoms with Gasteiger partial charge in [0, 0.05) is 79.2 Å². The maximum absolute atomic E-state index is 16.5. The lowest BCUT2D eigenvalue weighted by Crippen LogP contribution is -2.56. The van der Waals surface area contributed by atoms with E-state index in [0.29, 0.717) is 47.8 Å². The standard InChI is InChI=1S/C57H67ClF2N8O6/c1-34-48-46(29-43(59)51(58)50(48)49-42(53(61)71)14-15-45(52(49)60)73-27-26-69)74-57(34,38-6-4-3-5-7-38)33-62-39-11-8-35(9-12-39)32-66-24-19-56(20-25-66)30-40(31-56)67-21-16-36(17-22-67)37-10-13-41-44(28-37)65(2)64-54(41)68-23-18-47(70)63-55(68)72/h3-7,10,13-15,28-29,34-36,39-40,62,69H,8-9,11-12,16-27,30-33H2,1-2H3,(H2,61,71)(H,63,70,72)/t34-,35?,39?,57-/m0/s1. The number of aliphatic hydroxyl groups excluding tert-OH is 1. The lowest BCUT2D eigenvalue weighted by atomic mass is 9.59. The molecule has 5 N–H and O–H groups in total. The van der Waals surface area contributed by atoms with Gasteiger partial charge < -0.3 is 35.4 Å². The molecule has 392 valence electrons. The minimum Gasteiger partial charge on any atom is -0.488 e. The Bertz CT molecular complexity index is 2940. The largest absolute Gasteiger partial charge is 0.488 e. The first kappa shape index (κ1) is 50.5. The number of carbonyl (C=O) groups excluding carboxylic acids is 3. The SMILES string of the molecule is C[C@H]1c2c(cc(F)c(Cl)c2-c2c(C(N)=O)ccc(OCCO)c2F)O[C@]1(CNC1CCC(CN2CCC3(CC2)CC(N2CCC(c4ccc5c(N6CCC(=O)NC6=O)nn(C)c5c4)CC2)C3)CC1)c1ccccc1. The fourth-order valence-electron chi connectivity index (χ4n) is 13.6. The summed E-state index contributed by atoms with van der Waals surface area (Å²) in [7, 11) is 1.92. The third kappa shape index (κ3) is 9.32. The molecule has 0 radical (unpaired) electrons. The number of ether oxygens (including phenoxy) is 2. The third-order valence-corrected chi connectivity index (χ3v) is 18.2. The predicted molar refractivity (Wildman–Crippen MR) is 280 cm³/mol. The second-order valence-electron chi connectivity index (χ2n) is 22.0. The smallest absolute Gasteiger partial charge is 0.329 e. The van der Waals surface area contributed by atoms with Crippen molar-refractivity contribution in [1.29, 1.82) is 0 Å². The van der Waals surface area contributed by atoms with Crippen LogP contribution in [-0.2, 0) is 17.4 Å². The Morgan fingerprint density at radius 1 is 0.959 bits per heavy atom. The average molecular weight is 1030 g/mol. The highest BCUT2D eigenvalue weighted by atomic mass is 35.5. The first-order valence-corrected chi connectivity index (χ1v) is 27.0. The van der Waals surface area contributed by atoms with Crippen LogP contribution in [0.4, 0.5) is 19.4 Å². The molecule has 5 fully saturated rings. The molecule has 74 heavy (non-hydrogen) atoms. The number of urea groups is 1. The molecule has 4 aromatic carbocycles. The summed E-state index contributed by atoms with van der Waals surface area (Å²) in [6, 6.07) is 20.7. The molecule has 4 amide bonds. The number of aromatic nitrogens is 2. The van der Waals surface area contributed by atoms with Crippen LogP contribution in [-0.4, -0.2) is 114 Å². The number of likely N-dealkylation sites (tertiary alicyclic amines) is 2. The Balaban J connectivity index is 0.670. The van der Waals surface area contributed by atoms with Crippen molar-refractivity contribution in [2.75, 3.05) is 63.9 Å². The normalized spacial score (nSPS) is 24.7. The Morgan fingerprint density at radius 2 is 1.70 bits per heavy atom. The van der Waals surface area contributed by atoms with Crippen LogP contribution in [0.2, 0.25) is 5.02 Å². The fourth-order valence-corrected chi connectivity index (χ4v) is 13.8. The molecule has 2 atom stereocenters. The number of piperidine rings is 2. The molecule has 11 rings (SSSR count). The van der Waals surface area contributed by atoms with E-state index in [1.807, 2.05) is 49.0 Å². The number of primary amides is 1. The second-order valence-corrected chi connectivity index (χ2v) is 22.4. The molecular formula is C57H67ClF2N8O6. The van der Waals surface area contributed by atoms with Crippen molar-refractivity contribution in [1.82, 2.24) is 30.2 Å². The van der Waals surface area contributed by atoms with Gasteiger partial charge >= 0.3 is 6.03 Å². The van der Waals surface area contributed by atoms with Gasteiger partial charge in [0.25, 0.3) is 0 Å². The van der Waals surface area contributed by atoms with Gasteiger partial charge in [0.1, 0.15) is 18.2 Å². The van der Waals surface area contributed by atoms with Gasteiger partial charge in [-0.3, -0.25) is 24.5 Å². The van der Waals surface area contributed by atoms with E-state index < -0.39 is 35.1 Å². The lowest BCUT2D eigenvalue weighted by molar-refractivity contribution is -0.120. The van der Waals surface area contributed by atoms with Crippen molar-refractivity contribution >= 4 is 46.2 Å². The molecule has 4 aliphatic heterocycles. The average Bonchev–Trinajstić information content (AvgIpc) is 3.88. The number of imide groups is 1. The zero-order valence-corrected chi connectivity index (χ0v) is 43.1. The number of nitrogens with two attached hydrogens (primary N) is 1. The van der Waals surface area contributed by atoms with E-state index in [4.69, 9.17) is 26.8 Å². The number of benzene rings is 4. The summed E-state index contributed by atoms with van der Waals surface area (Å²) < 4.78 is 46.6. The molecule has 0 bridgehead atoms. The Hall–Kier alpha value is -5.65. The van der Waals surface area contributed by atoms with Gasteiger partial charge in [0.2, 0.25) is 11.8 Å². The highest BCUT2D eigenvalue weighted by Gasteiger charge is 2.51. The van der Waals surface area contributed by atoms with Crippen LogP contribution < -0.4 is 30.7 Å². The van der Waals surface area contributed by atoms with Gasteiger partial charge in [-0.25, -0.2) is 13.6 Å². The summed E-state index contributed by atoms with van der Waals surface area (Å²) in [6.07, 6.45) is 12.0. The number of nitrogens with zero attached hydrogens (tertiary/aromatic N) is 5. The summed E-state index contributed by atoms with van der Waals surface area (Å²) in [4.78, 5) is 44.2. The van der Waals surface area contributed by atoms with E-state index in [2.05, 4.69) is 43.7 Å². The summed E-state index contributed by atoms with van der Waals surface area (Å²) in [5, 5.41) is 20.9. The van der Waals surface area contributed by atoms with Crippen LogP contribution in [0.1, 0.15) is 116 Å². The minimum atomic E-state index is -1.02. The lowest BCUT2D eigenvalue weighted by Gasteiger charge is -2.56. The Labute approximate surface area is 435 Å². The topological polar surface area (TPSA) is 168 Å². The van der Waals surface area contributed by atoms with E-state index in [1.54, 1.807) is 4.90 Å². The summed E-state index contributed by atoms with van der Waals surface area (Å²) in [6.45, 7) is 7.84. The number of fused-ring (bicyclic) bond motifs is 2. The first-order chi connectivity index (χ1) is 35.7. The number of rotatable bonds is 14. The molecule has 6 aliphatic rings. The van der Waals surface area contributed by atoms with Crippen LogP contribution in [0, 0.1) is 23.0 Å². The van der Waals surface area contributed by atoms with Crippen molar-refractivity contribution in [3.63, 3.8) is 0 Å². The van der Waals surface area contributed by atoms with Gasteiger partial charge in [0.05, 0.1) is 22.7 Å². The zero-order chi connectivity index (χ0) is 51.5. The highest BCUT2D eigenvalue weighted by molar-refractivity contribution is 6.34. The summed E-state index contributed by atoms with van der Waals surface area (Å²) >= 11 is 6.75. The number of amides is 4. The molecule has 1 spiro atoms. The molecule has 5 aromatic rings. The Morgan fingerprint density at radius 3 is 2.41 bits per heavy atom. The van der Waals surface area contributed by atoms with E-state index in [-0.39, 0.29) is 64.8 Å². The second kappa shape index (κ2) is 20.5. The molecular weight excluding hydrogens is 966 g/mol. The molecule has 0 unspecified atom stereocenters. The van der Waals surface area contributed by atoms with Gasteiger partial charge in [-0.1, -0.05) is 54.9 Å². The summed E-state index contributed by atoms with van der Waals surface area (Å²) in [5.74, 6) is -1.69. The van der Waals surface area contributed by atoms with Crippen molar-refractivity contribution in [2.24, 2.45) is 24.1 Å². The monoisotopic (exact) mass is 1030 g/mol. The van der Waals surface area contributed by atoms with Crippen LogP contribution in [0.15, 0.2) is 66.7 Å². The minimum absolute atomic E-state index is 0.00721. The maximum atomic E-state index is 16.5. The predicted octanol–water partition coefficient (Wildman–Crippen LogP) is 8.75.